The van der Waals surface area contributed by atoms with Gasteiger partial charge in [0.15, 0.2) is 10.6 Å². The summed E-state index contributed by atoms with van der Waals surface area (Å²) in [6.45, 7) is 4.69. The molecule has 1 aromatic heterocycles. The summed E-state index contributed by atoms with van der Waals surface area (Å²) in [5.41, 5.74) is 1.95. The Kier molecular flexibility index (Phi) is 6.84. The van der Waals surface area contributed by atoms with Crippen molar-refractivity contribution in [1.29, 1.82) is 0 Å². The fraction of sp³-hybridized carbons (Fsp3) is 0.238. The minimum atomic E-state index is -0.576. The molecule has 7 nitrogen and oxygen atoms in total. The first-order chi connectivity index (χ1) is 14.4. The monoisotopic (exact) mass is 489 g/mol. The van der Waals surface area contributed by atoms with Crippen molar-refractivity contribution in [3.63, 3.8) is 0 Å². The number of aryl methyl sites for hydroxylation is 1. The summed E-state index contributed by atoms with van der Waals surface area (Å²) in [4.78, 5) is 29.5. The highest BCUT2D eigenvalue weighted by Gasteiger charge is 2.19. The molecule has 0 saturated heterocycles. The summed E-state index contributed by atoms with van der Waals surface area (Å²) in [5.74, 6) is -0.434. The van der Waals surface area contributed by atoms with Crippen LogP contribution in [-0.2, 0) is 13.0 Å². The van der Waals surface area contributed by atoms with Crippen LogP contribution in [0.2, 0.25) is 0 Å². The number of hydrogen-bond donors (Lipinski definition) is 0. The molecule has 0 fully saturated rings. The Balaban J connectivity index is 2.11. The molecule has 156 valence electrons. The molecule has 3 aromatic rings. The molecule has 1 amide bonds. The van der Waals surface area contributed by atoms with Gasteiger partial charge in [-0.25, -0.2) is 0 Å². The van der Waals surface area contributed by atoms with Crippen LogP contribution in [-0.4, -0.2) is 22.5 Å². The summed E-state index contributed by atoms with van der Waals surface area (Å²) < 4.78 is 7.99. The summed E-state index contributed by atoms with van der Waals surface area (Å²) in [7, 11) is 1.35. The van der Waals surface area contributed by atoms with E-state index in [4.69, 9.17) is 4.74 Å². The van der Waals surface area contributed by atoms with E-state index in [9.17, 15) is 14.9 Å². The van der Waals surface area contributed by atoms with Gasteiger partial charge in [-0.3, -0.25) is 14.9 Å². The number of methoxy groups -OCH3 is 1. The Hall–Kier alpha value is -2.78. The Labute approximate surface area is 185 Å². The second-order valence-corrected chi connectivity index (χ2v) is 8.30. The van der Waals surface area contributed by atoms with Gasteiger partial charge in [0.25, 0.3) is 5.91 Å². The molecular weight excluding hydrogens is 470 g/mol. The molecule has 30 heavy (non-hydrogen) atoms. The van der Waals surface area contributed by atoms with Gasteiger partial charge in [-0.2, -0.15) is 4.99 Å². The standard InChI is InChI=1S/C21H20BrN3O4S/c1-4-18-19(13-6-9-15(22)10-7-13)24(5-2)21(30-18)23-20(26)14-8-11-17(29-3)16(12-14)25(27)28/h6-12H,4-5H2,1-3H3. The first-order valence-electron chi connectivity index (χ1n) is 9.29. The van der Waals surface area contributed by atoms with Crippen LogP contribution < -0.4 is 9.54 Å². The highest BCUT2D eigenvalue weighted by atomic mass is 79.9. The van der Waals surface area contributed by atoms with E-state index in [2.05, 4.69) is 27.8 Å². The number of nitrogens with zero attached hydrogens (tertiary/aromatic N) is 3. The normalized spacial score (nSPS) is 11.5. The topological polar surface area (TPSA) is 86.7 Å². The zero-order valence-electron chi connectivity index (χ0n) is 16.7. The molecule has 3 rings (SSSR count). The van der Waals surface area contributed by atoms with Gasteiger partial charge < -0.3 is 9.30 Å². The summed E-state index contributed by atoms with van der Waals surface area (Å²) in [6.07, 6.45) is 0.799. The SMILES string of the molecule is CCc1sc(=NC(=O)c2ccc(OC)c([N+](=O)[O-])c2)n(CC)c1-c1ccc(Br)cc1. The van der Waals surface area contributed by atoms with Crippen molar-refractivity contribution in [3.8, 4) is 17.0 Å². The number of hydrogen-bond acceptors (Lipinski definition) is 5. The average Bonchev–Trinajstić information content (AvgIpc) is 3.10. The molecule has 0 bridgehead atoms. The van der Waals surface area contributed by atoms with Crippen LogP contribution in [0.5, 0.6) is 5.75 Å². The van der Waals surface area contributed by atoms with Crippen molar-refractivity contribution in [1.82, 2.24) is 4.57 Å². The number of thiazole rings is 1. The lowest BCUT2D eigenvalue weighted by Crippen LogP contribution is -2.17. The second kappa shape index (κ2) is 9.36. The van der Waals surface area contributed by atoms with Crippen LogP contribution in [0.4, 0.5) is 5.69 Å². The first-order valence-corrected chi connectivity index (χ1v) is 10.9. The van der Waals surface area contributed by atoms with Gasteiger partial charge >= 0.3 is 5.69 Å². The van der Waals surface area contributed by atoms with Crippen LogP contribution in [0.3, 0.4) is 0 Å². The molecule has 2 aromatic carbocycles. The minimum Gasteiger partial charge on any atom is -0.490 e. The number of carbonyl (C=O) groups excluding carboxylic acids is 1. The van der Waals surface area contributed by atoms with E-state index >= 15 is 0 Å². The van der Waals surface area contributed by atoms with Crippen molar-refractivity contribution >= 4 is 38.9 Å². The largest absolute Gasteiger partial charge is 0.490 e. The molecule has 9 heteroatoms. The smallest absolute Gasteiger partial charge is 0.311 e. The number of rotatable bonds is 6. The highest BCUT2D eigenvalue weighted by Crippen LogP contribution is 2.29. The van der Waals surface area contributed by atoms with Crippen molar-refractivity contribution < 1.29 is 14.5 Å². The Morgan fingerprint density at radius 2 is 1.93 bits per heavy atom. The lowest BCUT2D eigenvalue weighted by Gasteiger charge is -2.08. The number of nitro benzene ring substituents is 1. The van der Waals surface area contributed by atoms with Crippen LogP contribution in [0.1, 0.15) is 29.1 Å². The Morgan fingerprint density at radius 3 is 2.50 bits per heavy atom. The minimum absolute atomic E-state index is 0.0992. The van der Waals surface area contributed by atoms with Crippen molar-refractivity contribution in [2.24, 2.45) is 4.99 Å². The number of ether oxygens (including phenoxy) is 1. The molecule has 0 aliphatic carbocycles. The Bertz CT molecular complexity index is 1170. The molecule has 1 heterocycles. The Morgan fingerprint density at radius 1 is 1.23 bits per heavy atom. The first kappa shape index (κ1) is 21.9. The number of carbonyl (C=O) groups is 1. The van der Waals surface area contributed by atoms with Gasteiger partial charge in [0, 0.05) is 27.5 Å². The van der Waals surface area contributed by atoms with E-state index in [1.54, 1.807) is 0 Å². The molecular formula is C21H20BrN3O4S. The van der Waals surface area contributed by atoms with Gasteiger partial charge in [0.2, 0.25) is 0 Å². The van der Waals surface area contributed by atoms with E-state index in [1.165, 1.54) is 36.6 Å². The lowest BCUT2D eigenvalue weighted by molar-refractivity contribution is -0.385. The van der Waals surface area contributed by atoms with Crippen molar-refractivity contribution in [2.45, 2.75) is 26.8 Å². The maximum atomic E-state index is 12.8. The van der Waals surface area contributed by atoms with Crippen LogP contribution in [0.15, 0.2) is 51.9 Å². The van der Waals surface area contributed by atoms with E-state index in [0.29, 0.717) is 11.3 Å². The highest BCUT2D eigenvalue weighted by molar-refractivity contribution is 9.10. The second-order valence-electron chi connectivity index (χ2n) is 6.32. The predicted molar refractivity (Wildman–Crippen MR) is 120 cm³/mol. The maximum Gasteiger partial charge on any atom is 0.311 e. The van der Waals surface area contributed by atoms with Gasteiger partial charge in [-0.15, -0.1) is 11.3 Å². The van der Waals surface area contributed by atoms with E-state index in [0.717, 1.165) is 27.0 Å². The number of aromatic nitrogens is 1. The van der Waals surface area contributed by atoms with Gasteiger partial charge in [0.1, 0.15) is 0 Å². The number of halogens is 1. The van der Waals surface area contributed by atoms with Crippen molar-refractivity contribution in [3.05, 3.63) is 72.3 Å². The zero-order chi connectivity index (χ0) is 21.8. The number of amides is 1. The summed E-state index contributed by atoms with van der Waals surface area (Å²) in [6, 6.07) is 12.1. The molecule has 0 N–H and O–H groups in total. The predicted octanol–water partition coefficient (Wildman–Crippen LogP) is 5.22. The fourth-order valence-corrected chi connectivity index (χ4v) is 4.53. The lowest BCUT2D eigenvalue weighted by atomic mass is 10.1. The van der Waals surface area contributed by atoms with E-state index < -0.39 is 10.8 Å². The third-order valence-corrected chi connectivity index (χ3v) is 6.31. The zero-order valence-corrected chi connectivity index (χ0v) is 19.1. The number of nitro groups is 1. The van der Waals surface area contributed by atoms with Gasteiger partial charge in [0.05, 0.1) is 17.7 Å². The average molecular weight is 490 g/mol. The molecule has 0 aliphatic rings. The summed E-state index contributed by atoms with van der Waals surface area (Å²) in [5, 5.41) is 11.3. The van der Waals surface area contributed by atoms with Crippen molar-refractivity contribution in [2.75, 3.05) is 7.11 Å². The molecule has 0 spiro atoms. The van der Waals surface area contributed by atoms with E-state index in [1.807, 2.05) is 35.8 Å². The summed E-state index contributed by atoms with van der Waals surface area (Å²) >= 11 is 4.91. The van der Waals surface area contributed by atoms with Crippen LogP contribution in [0, 0.1) is 10.1 Å². The third-order valence-electron chi connectivity index (χ3n) is 4.55. The third kappa shape index (κ3) is 4.36. The molecule has 0 unspecified atom stereocenters. The quantitative estimate of drug-likeness (QED) is 0.350. The fourth-order valence-electron chi connectivity index (χ4n) is 3.12. The number of benzene rings is 2. The van der Waals surface area contributed by atoms with Crippen LogP contribution in [0.25, 0.3) is 11.3 Å². The molecule has 0 atom stereocenters. The van der Waals surface area contributed by atoms with E-state index in [-0.39, 0.29) is 17.0 Å². The maximum absolute atomic E-state index is 12.8. The van der Waals surface area contributed by atoms with Gasteiger partial charge in [-0.05, 0) is 43.2 Å². The van der Waals surface area contributed by atoms with Gasteiger partial charge in [-0.1, -0.05) is 35.0 Å². The van der Waals surface area contributed by atoms with Crippen LogP contribution >= 0.6 is 27.3 Å². The molecule has 0 saturated carbocycles. The molecule has 0 aliphatic heterocycles. The molecule has 0 radical (unpaired) electrons.